The van der Waals surface area contributed by atoms with E-state index >= 15 is 0 Å². The van der Waals surface area contributed by atoms with E-state index in [2.05, 4.69) is 20.6 Å². The van der Waals surface area contributed by atoms with Crippen LogP contribution in [0.15, 0.2) is 29.2 Å². The Kier molecular flexibility index (Phi) is 3.87. The number of aromatic nitrogens is 5. The fourth-order valence-electron chi connectivity index (χ4n) is 3.50. The summed E-state index contributed by atoms with van der Waals surface area (Å²) in [5, 5.41) is 13.7. The zero-order chi connectivity index (χ0) is 17.4. The maximum atomic E-state index is 12.7. The molecule has 3 heterocycles. The highest BCUT2D eigenvalue weighted by molar-refractivity contribution is 6.07. The van der Waals surface area contributed by atoms with Crippen molar-refractivity contribution in [3.05, 3.63) is 46.1 Å². The highest BCUT2D eigenvalue weighted by Crippen LogP contribution is 2.32. The molecule has 1 aliphatic rings. The Bertz CT molecular complexity index is 977. The first-order valence-electron chi connectivity index (χ1n) is 8.54. The van der Waals surface area contributed by atoms with Gasteiger partial charge in [-0.3, -0.25) is 9.48 Å². The summed E-state index contributed by atoms with van der Waals surface area (Å²) in [6, 6.07) is 5.24. The predicted molar refractivity (Wildman–Crippen MR) is 92.8 cm³/mol. The molecule has 0 spiro atoms. The molecule has 3 aromatic heterocycles. The van der Waals surface area contributed by atoms with E-state index in [0.29, 0.717) is 22.9 Å². The molecule has 1 amide bonds. The van der Waals surface area contributed by atoms with Gasteiger partial charge >= 0.3 is 5.69 Å². The molecule has 25 heavy (non-hydrogen) atoms. The van der Waals surface area contributed by atoms with Gasteiger partial charge in [0.05, 0.1) is 11.3 Å². The zero-order valence-corrected chi connectivity index (χ0v) is 14.0. The van der Waals surface area contributed by atoms with Crippen LogP contribution >= 0.6 is 0 Å². The van der Waals surface area contributed by atoms with Crippen LogP contribution in [0.25, 0.3) is 5.65 Å². The van der Waals surface area contributed by atoms with Crippen LogP contribution in [0, 0.1) is 0 Å². The molecule has 0 radical (unpaired) electrons. The molecular formula is C17H20N6O2. The third-order valence-electron chi connectivity index (χ3n) is 4.85. The number of H-pyrrole nitrogens is 1. The SMILES string of the molecule is Cn1nc(C2CCCCC2)cc1NC(=O)c1cccn2c(=O)[nH]nc12. The van der Waals surface area contributed by atoms with E-state index in [4.69, 9.17) is 0 Å². The molecule has 4 rings (SSSR count). The number of rotatable bonds is 3. The molecule has 3 aromatic rings. The number of hydrogen-bond acceptors (Lipinski definition) is 4. The fraction of sp³-hybridized carbons (Fsp3) is 0.412. The number of nitrogens with one attached hydrogen (secondary N) is 2. The minimum atomic E-state index is -0.371. The van der Waals surface area contributed by atoms with Crippen LogP contribution in [-0.4, -0.2) is 30.3 Å². The second kappa shape index (κ2) is 6.19. The van der Waals surface area contributed by atoms with Crippen LogP contribution in [0.3, 0.4) is 0 Å². The Labute approximate surface area is 143 Å². The summed E-state index contributed by atoms with van der Waals surface area (Å²) in [4.78, 5) is 24.3. The van der Waals surface area contributed by atoms with Crippen LogP contribution in [-0.2, 0) is 7.05 Å². The number of hydrogen-bond donors (Lipinski definition) is 2. The topological polar surface area (TPSA) is 97.1 Å². The maximum Gasteiger partial charge on any atom is 0.347 e. The molecule has 1 saturated carbocycles. The van der Waals surface area contributed by atoms with Crippen molar-refractivity contribution in [3.63, 3.8) is 0 Å². The van der Waals surface area contributed by atoms with Crippen LogP contribution in [0.2, 0.25) is 0 Å². The van der Waals surface area contributed by atoms with Crippen molar-refractivity contribution >= 4 is 17.4 Å². The average molecular weight is 340 g/mol. The molecule has 8 heteroatoms. The fourth-order valence-corrected chi connectivity index (χ4v) is 3.50. The van der Waals surface area contributed by atoms with Crippen molar-refractivity contribution < 1.29 is 4.79 Å². The molecule has 0 bridgehead atoms. The number of aryl methyl sites for hydroxylation is 1. The lowest BCUT2D eigenvalue weighted by atomic mass is 9.87. The number of anilines is 1. The van der Waals surface area contributed by atoms with E-state index in [1.54, 1.807) is 23.0 Å². The van der Waals surface area contributed by atoms with Crippen LogP contribution in [0.5, 0.6) is 0 Å². The summed E-state index contributed by atoms with van der Waals surface area (Å²) < 4.78 is 3.00. The second-order valence-electron chi connectivity index (χ2n) is 6.51. The molecule has 8 nitrogen and oxygen atoms in total. The second-order valence-corrected chi connectivity index (χ2v) is 6.51. The third kappa shape index (κ3) is 2.84. The van der Waals surface area contributed by atoms with Gasteiger partial charge < -0.3 is 5.32 Å². The lowest BCUT2D eigenvalue weighted by Gasteiger charge is -2.19. The summed E-state index contributed by atoms with van der Waals surface area (Å²) in [7, 11) is 1.82. The number of carbonyl (C=O) groups excluding carboxylic acids is 1. The first-order chi connectivity index (χ1) is 12.1. The number of nitrogens with zero attached hydrogens (tertiary/aromatic N) is 4. The van der Waals surface area contributed by atoms with Gasteiger partial charge in [-0.2, -0.15) is 10.2 Å². The molecule has 1 aliphatic carbocycles. The molecule has 0 saturated heterocycles. The van der Waals surface area contributed by atoms with E-state index in [1.807, 2.05) is 13.1 Å². The van der Waals surface area contributed by atoms with Crippen LogP contribution < -0.4 is 11.0 Å². The zero-order valence-electron chi connectivity index (χ0n) is 14.0. The van der Waals surface area contributed by atoms with Crippen molar-refractivity contribution in [2.24, 2.45) is 7.05 Å². The van der Waals surface area contributed by atoms with Gasteiger partial charge in [-0.1, -0.05) is 19.3 Å². The first kappa shape index (κ1) is 15.6. The van der Waals surface area contributed by atoms with Crippen molar-refractivity contribution in [2.75, 3.05) is 5.32 Å². The van der Waals surface area contributed by atoms with E-state index < -0.39 is 0 Å². The largest absolute Gasteiger partial charge is 0.347 e. The lowest BCUT2D eigenvalue weighted by Crippen LogP contribution is -2.17. The number of fused-ring (bicyclic) bond motifs is 1. The van der Waals surface area contributed by atoms with Crippen molar-refractivity contribution in [1.29, 1.82) is 0 Å². The normalized spacial score (nSPS) is 15.6. The summed E-state index contributed by atoms with van der Waals surface area (Å²) >= 11 is 0. The molecule has 0 aliphatic heterocycles. The van der Waals surface area contributed by atoms with Crippen molar-refractivity contribution in [3.8, 4) is 0 Å². The summed E-state index contributed by atoms with van der Waals surface area (Å²) in [6.07, 6.45) is 7.64. The van der Waals surface area contributed by atoms with E-state index in [0.717, 1.165) is 18.5 Å². The Morgan fingerprint density at radius 2 is 2.12 bits per heavy atom. The maximum absolute atomic E-state index is 12.7. The van der Waals surface area contributed by atoms with Gasteiger partial charge in [0.1, 0.15) is 5.82 Å². The Morgan fingerprint density at radius 3 is 2.92 bits per heavy atom. The predicted octanol–water partition coefficient (Wildman–Crippen LogP) is 2.06. The standard InChI is InChI=1S/C17H20N6O2/c1-22-14(10-13(21-22)11-6-3-2-4-7-11)18-16(24)12-8-5-9-23-15(12)19-20-17(23)25/h5,8-11H,2-4,6-7H2,1H3,(H,18,24)(H,20,25). The number of carbonyl (C=O) groups is 1. The van der Waals surface area contributed by atoms with Crippen molar-refractivity contribution in [2.45, 2.75) is 38.0 Å². The molecule has 0 atom stereocenters. The van der Waals surface area contributed by atoms with Crippen molar-refractivity contribution in [1.82, 2.24) is 24.4 Å². The van der Waals surface area contributed by atoms with Gasteiger partial charge in [0.15, 0.2) is 5.65 Å². The minimum Gasteiger partial charge on any atom is -0.307 e. The number of amides is 1. The highest BCUT2D eigenvalue weighted by atomic mass is 16.2. The molecule has 130 valence electrons. The summed E-state index contributed by atoms with van der Waals surface area (Å²) in [5.74, 6) is 0.798. The quantitative estimate of drug-likeness (QED) is 0.762. The smallest absolute Gasteiger partial charge is 0.307 e. The minimum absolute atomic E-state index is 0.305. The van der Waals surface area contributed by atoms with Gasteiger partial charge in [-0.25, -0.2) is 14.3 Å². The van der Waals surface area contributed by atoms with E-state index in [1.165, 1.54) is 23.7 Å². The van der Waals surface area contributed by atoms with Crippen LogP contribution in [0.1, 0.15) is 54.1 Å². The molecule has 0 unspecified atom stereocenters. The lowest BCUT2D eigenvalue weighted by molar-refractivity contribution is 0.102. The van der Waals surface area contributed by atoms with E-state index in [-0.39, 0.29) is 11.6 Å². The molecule has 1 fully saturated rings. The average Bonchev–Trinajstić information content (AvgIpc) is 3.19. The Balaban J connectivity index is 1.60. The van der Waals surface area contributed by atoms with Gasteiger partial charge in [0.2, 0.25) is 0 Å². The highest BCUT2D eigenvalue weighted by Gasteiger charge is 2.21. The molecule has 2 N–H and O–H groups in total. The summed E-state index contributed by atoms with van der Waals surface area (Å²) in [6.45, 7) is 0. The van der Waals surface area contributed by atoms with Crippen LogP contribution in [0.4, 0.5) is 5.82 Å². The van der Waals surface area contributed by atoms with Gasteiger partial charge in [-0.15, -0.1) is 0 Å². The number of aromatic amines is 1. The Morgan fingerprint density at radius 1 is 1.32 bits per heavy atom. The third-order valence-corrected chi connectivity index (χ3v) is 4.85. The number of pyridine rings is 1. The Hall–Kier alpha value is -2.90. The van der Waals surface area contributed by atoms with Gasteiger partial charge in [0, 0.05) is 25.2 Å². The van der Waals surface area contributed by atoms with Gasteiger partial charge in [-0.05, 0) is 25.0 Å². The monoisotopic (exact) mass is 340 g/mol. The molecule has 0 aromatic carbocycles. The van der Waals surface area contributed by atoms with E-state index in [9.17, 15) is 9.59 Å². The van der Waals surface area contributed by atoms with Gasteiger partial charge in [0.25, 0.3) is 5.91 Å². The first-order valence-corrected chi connectivity index (χ1v) is 8.54. The molecular weight excluding hydrogens is 320 g/mol. The summed E-state index contributed by atoms with van der Waals surface area (Å²) in [5.41, 5.74) is 1.30.